The molecule has 1 N–H and O–H groups in total. The zero-order chi connectivity index (χ0) is 11.2. The number of anilines is 1. The van der Waals surface area contributed by atoms with Crippen LogP contribution in [0.25, 0.3) is 0 Å². The highest BCUT2D eigenvalue weighted by atomic mass is 32.2. The number of nitrogens with one attached hydrogen (secondary N) is 1. The maximum Gasteiger partial charge on any atom is 0.145 e. The summed E-state index contributed by atoms with van der Waals surface area (Å²) in [6, 6.07) is 3.70. The molecule has 4 nitrogen and oxygen atoms in total. The zero-order valence-electron chi connectivity index (χ0n) is 9.02. The largest absolute Gasteiger partial charge is 0.370 e. The van der Waals surface area contributed by atoms with E-state index in [1.165, 1.54) is 30.7 Å². The highest BCUT2D eigenvalue weighted by molar-refractivity contribution is 7.99. The number of nitrogens with zero attached hydrogens (tertiary/aromatic N) is 3. The fraction of sp³-hybridized carbons (Fsp3) is 0.545. The Morgan fingerprint density at radius 3 is 3.00 bits per heavy atom. The maximum absolute atomic E-state index is 8.71. The Morgan fingerprint density at radius 1 is 1.44 bits per heavy atom. The minimum absolute atomic E-state index is 0.414. The minimum atomic E-state index is 0.414. The summed E-state index contributed by atoms with van der Waals surface area (Å²) in [6.07, 6.45) is 3.97. The van der Waals surface area contributed by atoms with Crippen molar-refractivity contribution in [2.24, 2.45) is 5.92 Å². The molecule has 1 aromatic heterocycles. The summed E-state index contributed by atoms with van der Waals surface area (Å²) in [5.41, 5.74) is 0.414. The monoisotopic (exact) mass is 234 g/mol. The van der Waals surface area contributed by atoms with Gasteiger partial charge in [0.1, 0.15) is 23.9 Å². The average molecular weight is 234 g/mol. The van der Waals surface area contributed by atoms with E-state index in [1.54, 1.807) is 6.07 Å². The smallest absolute Gasteiger partial charge is 0.145 e. The summed E-state index contributed by atoms with van der Waals surface area (Å²) in [6.45, 7) is 0.947. The van der Waals surface area contributed by atoms with E-state index in [1.807, 2.05) is 17.8 Å². The van der Waals surface area contributed by atoms with Crippen molar-refractivity contribution in [3.63, 3.8) is 0 Å². The molecular weight excluding hydrogens is 220 g/mol. The van der Waals surface area contributed by atoms with Crippen LogP contribution in [0.15, 0.2) is 12.4 Å². The van der Waals surface area contributed by atoms with E-state index in [0.717, 1.165) is 18.3 Å². The second-order valence-electron chi connectivity index (χ2n) is 3.84. The van der Waals surface area contributed by atoms with Gasteiger partial charge in [0.05, 0.1) is 0 Å². The quantitative estimate of drug-likeness (QED) is 0.865. The van der Waals surface area contributed by atoms with Crippen molar-refractivity contribution in [3.8, 4) is 6.07 Å². The second kappa shape index (κ2) is 5.71. The van der Waals surface area contributed by atoms with E-state index in [4.69, 9.17) is 5.26 Å². The molecule has 2 heterocycles. The highest BCUT2D eigenvalue weighted by Crippen LogP contribution is 2.22. The van der Waals surface area contributed by atoms with Crippen LogP contribution in [-0.4, -0.2) is 28.0 Å². The number of hydrogen-bond acceptors (Lipinski definition) is 5. The molecule has 0 saturated carbocycles. The van der Waals surface area contributed by atoms with Gasteiger partial charge in [-0.25, -0.2) is 9.97 Å². The van der Waals surface area contributed by atoms with Gasteiger partial charge in [-0.1, -0.05) is 0 Å². The minimum Gasteiger partial charge on any atom is -0.370 e. The number of thioether (sulfide) groups is 1. The summed E-state index contributed by atoms with van der Waals surface area (Å²) in [5.74, 6) is 4.02. The third kappa shape index (κ3) is 3.11. The van der Waals surface area contributed by atoms with Gasteiger partial charge in [0, 0.05) is 12.6 Å². The van der Waals surface area contributed by atoms with Crippen LogP contribution in [0.2, 0.25) is 0 Å². The molecule has 1 saturated heterocycles. The lowest BCUT2D eigenvalue weighted by Crippen LogP contribution is -2.19. The third-order valence-electron chi connectivity index (χ3n) is 2.69. The first-order valence-corrected chi connectivity index (χ1v) is 6.57. The zero-order valence-corrected chi connectivity index (χ0v) is 9.83. The predicted molar refractivity (Wildman–Crippen MR) is 65.3 cm³/mol. The molecule has 1 fully saturated rings. The lowest BCUT2D eigenvalue weighted by molar-refractivity contribution is 0.515. The van der Waals surface area contributed by atoms with E-state index >= 15 is 0 Å². The Hall–Kier alpha value is -1.28. The molecule has 0 unspecified atom stereocenters. The lowest BCUT2D eigenvalue weighted by Gasteiger charge is -2.21. The van der Waals surface area contributed by atoms with Crippen molar-refractivity contribution in [1.29, 1.82) is 5.26 Å². The molecule has 0 aromatic carbocycles. The van der Waals surface area contributed by atoms with Crippen LogP contribution >= 0.6 is 11.8 Å². The molecule has 16 heavy (non-hydrogen) atoms. The Labute approximate surface area is 99.5 Å². The Balaban J connectivity index is 1.86. The normalized spacial score (nSPS) is 16.7. The average Bonchev–Trinajstić information content (AvgIpc) is 2.38. The van der Waals surface area contributed by atoms with Gasteiger partial charge in [-0.15, -0.1) is 0 Å². The van der Waals surface area contributed by atoms with Gasteiger partial charge in [0.25, 0.3) is 0 Å². The van der Waals surface area contributed by atoms with Gasteiger partial charge in [0.2, 0.25) is 0 Å². The number of aromatic nitrogens is 2. The van der Waals surface area contributed by atoms with E-state index in [0.29, 0.717) is 5.69 Å². The number of nitriles is 1. The SMILES string of the molecule is N#Cc1cc(NCC2CCSCC2)ncn1. The molecule has 0 atom stereocenters. The first kappa shape index (κ1) is 11.2. The first-order chi connectivity index (χ1) is 7.88. The molecule has 1 aliphatic heterocycles. The van der Waals surface area contributed by atoms with Gasteiger partial charge in [0.15, 0.2) is 0 Å². The second-order valence-corrected chi connectivity index (χ2v) is 5.06. The number of rotatable bonds is 3. The predicted octanol–water partition coefficient (Wildman–Crippen LogP) is 1.90. The van der Waals surface area contributed by atoms with E-state index in [2.05, 4.69) is 15.3 Å². The Kier molecular flexibility index (Phi) is 4.00. The lowest BCUT2D eigenvalue weighted by atomic mass is 10.0. The van der Waals surface area contributed by atoms with Crippen molar-refractivity contribution < 1.29 is 0 Å². The summed E-state index contributed by atoms with van der Waals surface area (Å²) in [5, 5.41) is 12.0. The van der Waals surface area contributed by atoms with Crippen LogP contribution in [0, 0.1) is 17.2 Å². The van der Waals surface area contributed by atoms with Crippen LogP contribution in [-0.2, 0) is 0 Å². The molecular formula is C11H14N4S. The van der Waals surface area contributed by atoms with Crippen LogP contribution in [0.5, 0.6) is 0 Å². The highest BCUT2D eigenvalue weighted by Gasteiger charge is 2.13. The van der Waals surface area contributed by atoms with Crippen LogP contribution in [0.1, 0.15) is 18.5 Å². The first-order valence-electron chi connectivity index (χ1n) is 5.42. The summed E-state index contributed by atoms with van der Waals surface area (Å²) in [4.78, 5) is 7.93. The van der Waals surface area contributed by atoms with Gasteiger partial charge < -0.3 is 5.32 Å². The van der Waals surface area contributed by atoms with Crippen molar-refractivity contribution in [3.05, 3.63) is 18.1 Å². The van der Waals surface area contributed by atoms with Crippen molar-refractivity contribution in [1.82, 2.24) is 9.97 Å². The van der Waals surface area contributed by atoms with Gasteiger partial charge in [-0.2, -0.15) is 17.0 Å². The molecule has 0 spiro atoms. The van der Waals surface area contributed by atoms with E-state index in [-0.39, 0.29) is 0 Å². The maximum atomic E-state index is 8.71. The van der Waals surface area contributed by atoms with Crippen molar-refractivity contribution in [2.45, 2.75) is 12.8 Å². The van der Waals surface area contributed by atoms with Crippen LogP contribution in [0.4, 0.5) is 5.82 Å². The van der Waals surface area contributed by atoms with Gasteiger partial charge >= 0.3 is 0 Å². The van der Waals surface area contributed by atoms with Crippen LogP contribution in [0.3, 0.4) is 0 Å². The summed E-state index contributed by atoms with van der Waals surface area (Å²) in [7, 11) is 0. The van der Waals surface area contributed by atoms with E-state index < -0.39 is 0 Å². The molecule has 0 aliphatic carbocycles. The molecule has 5 heteroatoms. The topological polar surface area (TPSA) is 61.6 Å². The molecule has 0 radical (unpaired) electrons. The Morgan fingerprint density at radius 2 is 2.25 bits per heavy atom. The molecule has 2 rings (SSSR count). The molecule has 1 aliphatic rings. The fourth-order valence-corrected chi connectivity index (χ4v) is 2.92. The van der Waals surface area contributed by atoms with E-state index in [9.17, 15) is 0 Å². The van der Waals surface area contributed by atoms with Crippen LogP contribution < -0.4 is 5.32 Å². The van der Waals surface area contributed by atoms with Crippen molar-refractivity contribution in [2.75, 3.05) is 23.4 Å². The fourth-order valence-electron chi connectivity index (χ4n) is 1.71. The summed E-state index contributed by atoms with van der Waals surface area (Å²) >= 11 is 2.03. The number of hydrogen-bond donors (Lipinski definition) is 1. The van der Waals surface area contributed by atoms with Gasteiger partial charge in [-0.3, -0.25) is 0 Å². The van der Waals surface area contributed by atoms with Gasteiger partial charge in [-0.05, 0) is 30.3 Å². The summed E-state index contributed by atoms with van der Waals surface area (Å²) < 4.78 is 0. The molecule has 84 valence electrons. The van der Waals surface area contributed by atoms with Crippen molar-refractivity contribution >= 4 is 17.6 Å². The molecule has 0 amide bonds. The standard InChI is InChI=1S/C11H14N4S/c12-6-10-5-11(15-8-14-10)13-7-9-1-3-16-4-2-9/h5,8-9H,1-4,7H2,(H,13,14,15). The molecule has 0 bridgehead atoms. The molecule has 1 aromatic rings. The third-order valence-corrected chi connectivity index (χ3v) is 3.74. The Bertz CT molecular complexity index is 382.